The summed E-state index contributed by atoms with van der Waals surface area (Å²) in [5.41, 5.74) is 6.67. The standard InChI is InChI=1S/C9H14N2O2.CH4.ClH/c1-6(12)9(13)8-7(5-10)3-2-4-11-8;;/h2-4,6,9,12-13H,5,10H2,1H3;1H4;1H/t6-,9+;;/m1../s1. The van der Waals surface area contributed by atoms with Gasteiger partial charge in [0.1, 0.15) is 6.10 Å². The molecule has 88 valence electrons. The Labute approximate surface area is 96.6 Å². The topological polar surface area (TPSA) is 79.4 Å². The fourth-order valence-corrected chi connectivity index (χ4v) is 1.12. The first-order chi connectivity index (χ1) is 6.16. The zero-order chi connectivity index (χ0) is 9.84. The van der Waals surface area contributed by atoms with Gasteiger partial charge >= 0.3 is 0 Å². The average molecular weight is 235 g/mol. The number of hydrogen-bond donors (Lipinski definition) is 3. The van der Waals surface area contributed by atoms with E-state index in [2.05, 4.69) is 4.98 Å². The van der Waals surface area contributed by atoms with Crippen LogP contribution in [0.25, 0.3) is 0 Å². The molecule has 2 atom stereocenters. The van der Waals surface area contributed by atoms with Crippen molar-refractivity contribution in [1.82, 2.24) is 4.98 Å². The van der Waals surface area contributed by atoms with E-state index in [1.807, 2.05) is 0 Å². The van der Waals surface area contributed by atoms with E-state index in [0.717, 1.165) is 5.56 Å². The summed E-state index contributed by atoms with van der Waals surface area (Å²) >= 11 is 0. The Morgan fingerprint density at radius 1 is 1.47 bits per heavy atom. The largest absolute Gasteiger partial charge is 0.390 e. The maximum absolute atomic E-state index is 9.54. The van der Waals surface area contributed by atoms with Crippen LogP contribution in [-0.4, -0.2) is 21.3 Å². The molecule has 0 aliphatic rings. The molecule has 0 aliphatic carbocycles. The highest BCUT2D eigenvalue weighted by Gasteiger charge is 2.17. The van der Waals surface area contributed by atoms with Crippen LogP contribution in [0.3, 0.4) is 0 Å². The number of halogens is 1. The number of hydrogen-bond acceptors (Lipinski definition) is 4. The third-order valence-electron chi connectivity index (χ3n) is 1.88. The third-order valence-corrected chi connectivity index (χ3v) is 1.88. The number of nitrogens with zero attached hydrogens (tertiary/aromatic N) is 1. The predicted octanol–water partition coefficient (Wildman–Crippen LogP) is 1.01. The molecule has 0 radical (unpaired) electrons. The predicted molar refractivity (Wildman–Crippen MR) is 62.7 cm³/mol. The summed E-state index contributed by atoms with van der Waals surface area (Å²) in [5.74, 6) is 0. The van der Waals surface area contributed by atoms with Crippen molar-refractivity contribution < 1.29 is 10.2 Å². The van der Waals surface area contributed by atoms with Crippen LogP contribution < -0.4 is 5.73 Å². The van der Waals surface area contributed by atoms with Gasteiger partial charge < -0.3 is 15.9 Å². The summed E-state index contributed by atoms with van der Waals surface area (Å²) < 4.78 is 0. The first-order valence-electron chi connectivity index (χ1n) is 4.16. The molecule has 0 aromatic carbocycles. The molecule has 1 heterocycles. The third kappa shape index (κ3) is 4.13. The Hall–Kier alpha value is -0.680. The second-order valence-electron chi connectivity index (χ2n) is 2.94. The van der Waals surface area contributed by atoms with Crippen molar-refractivity contribution in [3.8, 4) is 0 Å². The number of rotatable bonds is 3. The summed E-state index contributed by atoms with van der Waals surface area (Å²) in [6, 6.07) is 3.54. The molecular weight excluding hydrogens is 216 g/mol. The molecule has 0 fully saturated rings. The molecule has 1 rings (SSSR count). The average Bonchev–Trinajstić information content (AvgIpc) is 2.16. The number of aliphatic hydroxyl groups excluding tert-OH is 2. The minimum absolute atomic E-state index is 0. The Balaban J connectivity index is 0. The molecule has 5 heteroatoms. The molecule has 0 spiro atoms. The van der Waals surface area contributed by atoms with Crippen molar-refractivity contribution in [2.24, 2.45) is 5.73 Å². The zero-order valence-corrected chi connectivity index (χ0v) is 8.74. The van der Waals surface area contributed by atoms with Crippen LogP contribution in [0, 0.1) is 0 Å². The first kappa shape index (κ1) is 16.7. The van der Waals surface area contributed by atoms with E-state index in [1.165, 1.54) is 6.92 Å². The highest BCUT2D eigenvalue weighted by Crippen LogP contribution is 2.17. The lowest BCUT2D eigenvalue weighted by molar-refractivity contribution is 0.0272. The van der Waals surface area contributed by atoms with Gasteiger partial charge in [0.05, 0.1) is 11.8 Å². The van der Waals surface area contributed by atoms with Gasteiger partial charge in [0.2, 0.25) is 0 Å². The Morgan fingerprint density at radius 2 is 2.07 bits per heavy atom. The Bertz CT molecular complexity index is 282. The van der Waals surface area contributed by atoms with Gasteiger partial charge in [0.15, 0.2) is 0 Å². The summed E-state index contributed by atoms with van der Waals surface area (Å²) in [5, 5.41) is 18.7. The van der Waals surface area contributed by atoms with Crippen molar-refractivity contribution >= 4 is 12.4 Å². The van der Waals surface area contributed by atoms with E-state index in [9.17, 15) is 5.11 Å². The van der Waals surface area contributed by atoms with Crippen molar-refractivity contribution in [2.45, 2.75) is 33.1 Å². The van der Waals surface area contributed by atoms with Gasteiger partial charge in [-0.15, -0.1) is 12.4 Å². The monoisotopic (exact) mass is 234 g/mol. The fourth-order valence-electron chi connectivity index (χ4n) is 1.12. The van der Waals surface area contributed by atoms with Crippen LogP contribution in [0.2, 0.25) is 0 Å². The fraction of sp³-hybridized carbons (Fsp3) is 0.500. The molecular formula is C10H19ClN2O2. The second-order valence-corrected chi connectivity index (χ2v) is 2.94. The van der Waals surface area contributed by atoms with Gasteiger partial charge in [0.25, 0.3) is 0 Å². The molecule has 4 N–H and O–H groups in total. The quantitative estimate of drug-likeness (QED) is 0.730. The van der Waals surface area contributed by atoms with Crippen molar-refractivity contribution in [2.75, 3.05) is 0 Å². The summed E-state index contributed by atoms with van der Waals surface area (Å²) in [7, 11) is 0. The lowest BCUT2D eigenvalue weighted by Gasteiger charge is -2.15. The highest BCUT2D eigenvalue weighted by atomic mass is 35.5. The lowest BCUT2D eigenvalue weighted by Crippen LogP contribution is -2.18. The van der Waals surface area contributed by atoms with Crippen LogP contribution in [0.1, 0.15) is 31.7 Å². The number of aromatic nitrogens is 1. The Morgan fingerprint density at radius 3 is 2.53 bits per heavy atom. The van der Waals surface area contributed by atoms with Gasteiger partial charge in [0, 0.05) is 12.7 Å². The second kappa shape index (κ2) is 7.59. The van der Waals surface area contributed by atoms with Crippen molar-refractivity contribution in [3.63, 3.8) is 0 Å². The molecule has 1 aromatic rings. The van der Waals surface area contributed by atoms with E-state index < -0.39 is 12.2 Å². The molecule has 4 nitrogen and oxygen atoms in total. The smallest absolute Gasteiger partial charge is 0.122 e. The van der Waals surface area contributed by atoms with E-state index in [4.69, 9.17) is 10.8 Å². The van der Waals surface area contributed by atoms with Gasteiger partial charge in [-0.3, -0.25) is 4.98 Å². The highest BCUT2D eigenvalue weighted by molar-refractivity contribution is 5.85. The van der Waals surface area contributed by atoms with Crippen LogP contribution in [0.15, 0.2) is 18.3 Å². The molecule has 0 unspecified atom stereocenters. The Kier molecular flexibility index (Phi) is 8.47. The molecule has 0 saturated carbocycles. The van der Waals surface area contributed by atoms with Crippen LogP contribution in [-0.2, 0) is 6.54 Å². The minimum atomic E-state index is -0.959. The maximum Gasteiger partial charge on any atom is 0.122 e. The summed E-state index contributed by atoms with van der Waals surface area (Å²) in [6.45, 7) is 1.83. The van der Waals surface area contributed by atoms with Crippen LogP contribution in [0.4, 0.5) is 0 Å². The van der Waals surface area contributed by atoms with E-state index in [0.29, 0.717) is 12.2 Å². The van der Waals surface area contributed by atoms with Crippen molar-refractivity contribution in [3.05, 3.63) is 29.6 Å². The SMILES string of the molecule is C.C[C@@H](O)[C@H](O)c1ncccc1CN.Cl. The zero-order valence-electron chi connectivity index (χ0n) is 7.92. The van der Waals surface area contributed by atoms with Crippen LogP contribution >= 0.6 is 12.4 Å². The van der Waals surface area contributed by atoms with E-state index in [-0.39, 0.29) is 19.8 Å². The maximum atomic E-state index is 9.54. The molecule has 1 aromatic heterocycles. The molecule has 0 amide bonds. The van der Waals surface area contributed by atoms with E-state index >= 15 is 0 Å². The lowest BCUT2D eigenvalue weighted by atomic mass is 10.1. The van der Waals surface area contributed by atoms with Crippen molar-refractivity contribution in [1.29, 1.82) is 0 Å². The number of aliphatic hydroxyl groups is 2. The van der Waals surface area contributed by atoms with Gasteiger partial charge in [-0.05, 0) is 18.6 Å². The van der Waals surface area contributed by atoms with E-state index in [1.54, 1.807) is 18.3 Å². The molecule has 0 bridgehead atoms. The molecule has 0 saturated heterocycles. The first-order valence-corrected chi connectivity index (χ1v) is 4.16. The van der Waals surface area contributed by atoms with Crippen LogP contribution in [0.5, 0.6) is 0 Å². The minimum Gasteiger partial charge on any atom is -0.390 e. The summed E-state index contributed by atoms with van der Waals surface area (Å²) in [6.07, 6.45) is -0.222. The van der Waals surface area contributed by atoms with Gasteiger partial charge in [-0.1, -0.05) is 13.5 Å². The number of nitrogens with two attached hydrogens (primary N) is 1. The molecule has 15 heavy (non-hydrogen) atoms. The molecule has 0 aliphatic heterocycles. The summed E-state index contributed by atoms with van der Waals surface area (Å²) in [4.78, 5) is 3.98. The van der Waals surface area contributed by atoms with Gasteiger partial charge in [-0.2, -0.15) is 0 Å². The number of pyridine rings is 1. The van der Waals surface area contributed by atoms with Gasteiger partial charge in [-0.25, -0.2) is 0 Å². The normalized spacial score (nSPS) is 13.3.